The highest BCUT2D eigenvalue weighted by Crippen LogP contribution is 2.31. The van der Waals surface area contributed by atoms with E-state index in [1.807, 2.05) is 42.1 Å². The molecule has 4 aromatic rings. The summed E-state index contributed by atoms with van der Waals surface area (Å²) in [6, 6.07) is 18.2. The minimum Gasteiger partial charge on any atom is -0.392 e. The van der Waals surface area contributed by atoms with Gasteiger partial charge in [-0.05, 0) is 81.0 Å². The Morgan fingerprint density at radius 3 is 2.26 bits per heavy atom. The van der Waals surface area contributed by atoms with Crippen molar-refractivity contribution in [2.24, 2.45) is 7.05 Å². The molecule has 2 amide bonds. The van der Waals surface area contributed by atoms with E-state index in [4.69, 9.17) is 0 Å². The van der Waals surface area contributed by atoms with Crippen LogP contribution in [0.25, 0.3) is 11.1 Å². The lowest BCUT2D eigenvalue weighted by molar-refractivity contribution is 0.0663. The van der Waals surface area contributed by atoms with Gasteiger partial charge in [0, 0.05) is 80.7 Å². The lowest BCUT2D eigenvalue weighted by Crippen LogP contribution is -2.44. The number of anilines is 4. The van der Waals surface area contributed by atoms with Crippen LogP contribution >= 0.6 is 0 Å². The summed E-state index contributed by atoms with van der Waals surface area (Å²) in [4.78, 5) is 49.7. The molecule has 1 aliphatic rings. The first-order valence-electron chi connectivity index (χ1n) is 15.3. The van der Waals surface area contributed by atoms with E-state index in [1.165, 1.54) is 10.8 Å². The van der Waals surface area contributed by atoms with Gasteiger partial charge >= 0.3 is 0 Å². The number of hydrogen-bond acceptors (Lipinski definition) is 8. The molecule has 1 saturated heterocycles. The summed E-state index contributed by atoms with van der Waals surface area (Å²) in [5.41, 5.74) is 4.27. The number of carbonyl (C=O) groups excluding carboxylic acids is 2. The molecule has 2 aromatic heterocycles. The molecule has 0 spiro atoms. The van der Waals surface area contributed by atoms with Gasteiger partial charge in [-0.1, -0.05) is 12.1 Å². The van der Waals surface area contributed by atoms with Crippen molar-refractivity contribution in [3.8, 4) is 11.1 Å². The number of piperidine rings is 1. The second-order valence-corrected chi connectivity index (χ2v) is 12.0. The van der Waals surface area contributed by atoms with E-state index in [2.05, 4.69) is 34.6 Å². The fraction of sp³-hybridized carbons (Fsp3) is 0.314. The summed E-state index contributed by atoms with van der Waals surface area (Å²) < 4.78 is 1.45. The van der Waals surface area contributed by atoms with Crippen molar-refractivity contribution in [1.82, 2.24) is 19.4 Å². The second-order valence-electron chi connectivity index (χ2n) is 12.0. The van der Waals surface area contributed by atoms with Gasteiger partial charge in [-0.2, -0.15) is 0 Å². The van der Waals surface area contributed by atoms with E-state index in [-0.39, 0.29) is 29.7 Å². The third kappa shape index (κ3) is 7.11. The number of aliphatic hydroxyl groups excluding tert-OH is 1. The molecule has 2 aromatic carbocycles. The number of aromatic nitrogens is 2. The lowest BCUT2D eigenvalue weighted by Gasteiger charge is -2.35. The summed E-state index contributed by atoms with van der Waals surface area (Å²) >= 11 is 0. The number of benzene rings is 2. The fourth-order valence-corrected chi connectivity index (χ4v) is 5.70. The van der Waals surface area contributed by atoms with Crippen LogP contribution in [0.2, 0.25) is 0 Å². The van der Waals surface area contributed by atoms with Gasteiger partial charge in [0.25, 0.3) is 17.4 Å². The van der Waals surface area contributed by atoms with Crippen molar-refractivity contribution >= 4 is 34.7 Å². The Morgan fingerprint density at radius 1 is 0.957 bits per heavy atom. The largest absolute Gasteiger partial charge is 0.392 e. The zero-order chi connectivity index (χ0) is 33.0. The number of hydrogen-bond donors (Lipinski definition) is 3. The molecule has 0 unspecified atom stereocenters. The number of carbonyl (C=O) groups is 2. The molecule has 0 aliphatic carbocycles. The average Bonchev–Trinajstić information content (AvgIpc) is 3.06. The van der Waals surface area contributed by atoms with Crippen LogP contribution in [0.1, 0.15) is 39.1 Å². The minimum atomic E-state index is -0.333. The van der Waals surface area contributed by atoms with Crippen molar-refractivity contribution in [2.75, 3.05) is 56.8 Å². The molecule has 11 nitrogen and oxygen atoms in total. The highest BCUT2D eigenvalue weighted by Gasteiger charge is 2.25. The molecule has 0 bridgehead atoms. The van der Waals surface area contributed by atoms with E-state index in [0.717, 1.165) is 18.5 Å². The zero-order valence-corrected chi connectivity index (χ0v) is 26.9. The molecule has 0 atom stereocenters. The number of aryl methyl sites for hydroxylation is 1. The SMILES string of the molecule is CN(C)c1ccc(C(=O)Nc2cccc(-c3cc(Nc4ccc(C(=O)N5CCC(N(C)C)CC5)cn4)c(=O)n(C)c3)c2CO)cc1. The van der Waals surface area contributed by atoms with Gasteiger partial charge in [0.2, 0.25) is 0 Å². The normalized spacial score (nSPS) is 13.5. The van der Waals surface area contributed by atoms with Crippen molar-refractivity contribution < 1.29 is 14.7 Å². The highest BCUT2D eigenvalue weighted by atomic mass is 16.3. The predicted octanol–water partition coefficient (Wildman–Crippen LogP) is 4.17. The van der Waals surface area contributed by atoms with Crippen LogP contribution in [0.4, 0.5) is 22.9 Å². The molecule has 5 rings (SSSR count). The van der Waals surface area contributed by atoms with Crippen LogP contribution in [0.15, 0.2) is 77.9 Å². The van der Waals surface area contributed by atoms with Crippen LogP contribution in [-0.4, -0.2) is 83.6 Å². The second kappa shape index (κ2) is 14.0. The van der Waals surface area contributed by atoms with Crippen molar-refractivity contribution in [1.29, 1.82) is 0 Å². The van der Waals surface area contributed by atoms with Gasteiger partial charge in [-0.15, -0.1) is 0 Å². The van der Waals surface area contributed by atoms with Crippen LogP contribution in [-0.2, 0) is 13.7 Å². The maximum absolute atomic E-state index is 13.1. The number of pyridine rings is 2. The van der Waals surface area contributed by atoms with E-state index in [9.17, 15) is 19.5 Å². The van der Waals surface area contributed by atoms with E-state index < -0.39 is 0 Å². The Bertz CT molecular complexity index is 1760. The van der Waals surface area contributed by atoms with Crippen LogP contribution in [0.3, 0.4) is 0 Å². The fourth-order valence-electron chi connectivity index (χ4n) is 5.70. The van der Waals surface area contributed by atoms with E-state index >= 15 is 0 Å². The molecule has 3 heterocycles. The molecule has 240 valence electrons. The monoisotopic (exact) mass is 623 g/mol. The minimum absolute atomic E-state index is 0.0525. The molecule has 0 saturated carbocycles. The number of amides is 2. The summed E-state index contributed by atoms with van der Waals surface area (Å²) in [5.74, 6) is 0.0649. The molecule has 11 heteroatoms. The summed E-state index contributed by atoms with van der Waals surface area (Å²) in [6.45, 7) is 1.07. The smallest absolute Gasteiger partial charge is 0.274 e. The quantitative estimate of drug-likeness (QED) is 0.254. The van der Waals surface area contributed by atoms with Crippen molar-refractivity contribution in [2.45, 2.75) is 25.5 Å². The standard InChI is InChI=1S/C35H41N7O4/c1-39(2)26-12-9-23(10-13-26)33(44)38-30-8-6-7-28(29(30)22-43)25-19-31(35(46)41(5)21-25)37-32-14-11-24(20-36-32)34(45)42-17-15-27(16-18-42)40(3)4/h6-14,19-21,27,43H,15-18,22H2,1-5H3,(H,36,37)(H,38,44). The number of nitrogens with one attached hydrogen (secondary N) is 2. The first kappa shape index (κ1) is 32.4. The Balaban J connectivity index is 1.34. The van der Waals surface area contributed by atoms with Gasteiger partial charge in [0.15, 0.2) is 0 Å². The highest BCUT2D eigenvalue weighted by molar-refractivity contribution is 6.05. The van der Waals surface area contributed by atoms with Gasteiger partial charge < -0.3 is 35.0 Å². The van der Waals surface area contributed by atoms with Crippen LogP contribution in [0, 0.1) is 0 Å². The van der Waals surface area contributed by atoms with E-state index in [0.29, 0.717) is 58.5 Å². The van der Waals surface area contributed by atoms with Gasteiger partial charge in [0.05, 0.1) is 12.2 Å². The van der Waals surface area contributed by atoms with Gasteiger partial charge in [-0.3, -0.25) is 14.4 Å². The maximum atomic E-state index is 13.1. The topological polar surface area (TPSA) is 123 Å². The molecule has 1 fully saturated rings. The molecule has 46 heavy (non-hydrogen) atoms. The molecule has 0 radical (unpaired) electrons. The van der Waals surface area contributed by atoms with Gasteiger partial charge in [0.1, 0.15) is 11.5 Å². The Morgan fingerprint density at radius 2 is 1.65 bits per heavy atom. The number of likely N-dealkylation sites (tertiary alicyclic amines) is 1. The number of aliphatic hydroxyl groups is 1. The average molecular weight is 624 g/mol. The summed E-state index contributed by atoms with van der Waals surface area (Å²) in [7, 11) is 9.64. The summed E-state index contributed by atoms with van der Waals surface area (Å²) in [6.07, 6.45) is 5.08. The van der Waals surface area contributed by atoms with Gasteiger partial charge in [-0.25, -0.2) is 4.98 Å². The Hall–Kier alpha value is -5.00. The maximum Gasteiger partial charge on any atom is 0.274 e. The van der Waals surface area contributed by atoms with Crippen molar-refractivity contribution in [3.05, 3.63) is 100 Å². The Kier molecular flexibility index (Phi) is 9.84. The third-order valence-electron chi connectivity index (χ3n) is 8.48. The zero-order valence-electron chi connectivity index (χ0n) is 26.9. The first-order chi connectivity index (χ1) is 22.0. The third-order valence-corrected chi connectivity index (χ3v) is 8.48. The molecule has 1 aliphatic heterocycles. The van der Waals surface area contributed by atoms with Crippen LogP contribution in [0.5, 0.6) is 0 Å². The Labute approximate surface area is 269 Å². The molecule has 3 N–H and O–H groups in total. The number of nitrogens with zero attached hydrogens (tertiary/aromatic N) is 5. The molecular weight excluding hydrogens is 582 g/mol. The predicted molar refractivity (Wildman–Crippen MR) is 182 cm³/mol. The number of rotatable bonds is 9. The summed E-state index contributed by atoms with van der Waals surface area (Å²) in [5, 5.41) is 16.4. The van der Waals surface area contributed by atoms with E-state index in [1.54, 1.807) is 55.7 Å². The lowest BCUT2D eigenvalue weighted by atomic mass is 9.99. The first-order valence-corrected chi connectivity index (χ1v) is 15.3. The molecular formula is C35H41N7O4. The van der Waals surface area contributed by atoms with Crippen molar-refractivity contribution in [3.63, 3.8) is 0 Å². The van der Waals surface area contributed by atoms with Crippen LogP contribution < -0.4 is 21.1 Å².